The molecule has 2 heterocycles. The molecule has 0 saturated carbocycles. The summed E-state index contributed by atoms with van der Waals surface area (Å²) in [7, 11) is 1.54. The van der Waals surface area contributed by atoms with Gasteiger partial charge in [0, 0.05) is 18.0 Å². The van der Waals surface area contributed by atoms with Crippen molar-refractivity contribution in [2.45, 2.75) is 25.2 Å². The Morgan fingerprint density at radius 1 is 1.09 bits per heavy atom. The predicted octanol–water partition coefficient (Wildman–Crippen LogP) is 4.20. The zero-order valence-corrected chi connectivity index (χ0v) is 17.1. The lowest BCUT2D eigenvalue weighted by Crippen LogP contribution is -2.46. The van der Waals surface area contributed by atoms with E-state index in [4.69, 9.17) is 4.74 Å². The fourth-order valence-corrected chi connectivity index (χ4v) is 3.74. The molecule has 3 amide bonds. The van der Waals surface area contributed by atoms with Crippen LogP contribution in [-0.4, -0.2) is 35.9 Å². The number of fused-ring (bicyclic) bond motifs is 1. The van der Waals surface area contributed by atoms with Crippen LogP contribution in [0.3, 0.4) is 0 Å². The van der Waals surface area contributed by atoms with Crippen molar-refractivity contribution < 1.29 is 32.2 Å². The number of ether oxygens (including phenoxy) is 2. The van der Waals surface area contributed by atoms with Gasteiger partial charge in [0.2, 0.25) is 0 Å². The average Bonchev–Trinajstić information content (AvgIpc) is 2.95. The van der Waals surface area contributed by atoms with Crippen LogP contribution in [-0.2, 0) is 11.2 Å². The number of imide groups is 1. The summed E-state index contributed by atoms with van der Waals surface area (Å²) in [5, 5.41) is 3.48. The maximum Gasteiger partial charge on any atom is 0.573 e. The van der Waals surface area contributed by atoms with Crippen LogP contribution in [0, 0.1) is 0 Å². The van der Waals surface area contributed by atoms with E-state index in [-0.39, 0.29) is 12.1 Å². The van der Waals surface area contributed by atoms with Crippen molar-refractivity contribution in [2.24, 2.45) is 0 Å². The number of urea groups is 1. The van der Waals surface area contributed by atoms with Crippen molar-refractivity contribution in [1.29, 1.82) is 0 Å². The van der Waals surface area contributed by atoms with E-state index in [1.807, 2.05) is 6.07 Å². The molecule has 32 heavy (non-hydrogen) atoms. The molecule has 7 nitrogen and oxygen atoms in total. The molecule has 1 fully saturated rings. The smallest absolute Gasteiger partial charge is 0.494 e. The second-order valence-corrected chi connectivity index (χ2v) is 7.45. The largest absolute Gasteiger partial charge is 0.573 e. The monoisotopic (exact) mass is 445 g/mol. The predicted molar refractivity (Wildman–Crippen MR) is 110 cm³/mol. The molecular weight excluding hydrogens is 427 g/mol. The van der Waals surface area contributed by atoms with Gasteiger partial charge in [0.15, 0.2) is 0 Å². The molecule has 1 aliphatic rings. The van der Waals surface area contributed by atoms with Gasteiger partial charge in [-0.1, -0.05) is 12.1 Å². The molecule has 2 aromatic carbocycles. The fraction of sp³-hybridized carbons (Fsp3) is 0.227. The summed E-state index contributed by atoms with van der Waals surface area (Å²) in [4.78, 5) is 31.1. The van der Waals surface area contributed by atoms with Crippen molar-refractivity contribution in [3.63, 3.8) is 0 Å². The van der Waals surface area contributed by atoms with Crippen molar-refractivity contribution in [3.8, 4) is 11.5 Å². The SMILES string of the molecule is COc1cccc2c(CC3(C)NC(=O)N(c4ccc(OC(F)(F)F)cc4)C3=O)ccnc12. The zero-order chi connectivity index (χ0) is 23.1. The van der Waals surface area contributed by atoms with Gasteiger partial charge < -0.3 is 14.8 Å². The number of carbonyl (C=O) groups is 2. The third-order valence-electron chi connectivity index (χ3n) is 5.18. The second-order valence-electron chi connectivity index (χ2n) is 7.45. The lowest BCUT2D eigenvalue weighted by Gasteiger charge is -2.22. The molecule has 3 aromatic rings. The number of rotatable bonds is 5. The highest BCUT2D eigenvalue weighted by atomic mass is 19.4. The van der Waals surface area contributed by atoms with Gasteiger partial charge in [-0.2, -0.15) is 0 Å². The van der Waals surface area contributed by atoms with Crippen LogP contribution in [0.5, 0.6) is 11.5 Å². The van der Waals surface area contributed by atoms with E-state index < -0.39 is 29.6 Å². The number of halogens is 3. The number of benzene rings is 2. The number of nitrogens with one attached hydrogen (secondary N) is 1. The number of alkyl halides is 3. The highest BCUT2D eigenvalue weighted by Gasteiger charge is 2.48. The van der Waals surface area contributed by atoms with E-state index in [2.05, 4.69) is 15.0 Å². The molecule has 1 N–H and O–H groups in total. The minimum atomic E-state index is -4.84. The van der Waals surface area contributed by atoms with E-state index in [9.17, 15) is 22.8 Å². The minimum Gasteiger partial charge on any atom is -0.494 e. The molecule has 0 bridgehead atoms. The van der Waals surface area contributed by atoms with Crippen LogP contribution < -0.4 is 19.7 Å². The van der Waals surface area contributed by atoms with Gasteiger partial charge in [-0.25, -0.2) is 9.69 Å². The highest BCUT2D eigenvalue weighted by molar-refractivity contribution is 6.23. The van der Waals surface area contributed by atoms with Crippen molar-refractivity contribution in [3.05, 3.63) is 60.3 Å². The summed E-state index contributed by atoms with van der Waals surface area (Å²) in [6.45, 7) is 1.60. The number of aromatic nitrogens is 1. The Bertz CT molecular complexity index is 1200. The van der Waals surface area contributed by atoms with Crippen LogP contribution in [0.15, 0.2) is 54.7 Å². The van der Waals surface area contributed by atoms with Crippen LogP contribution >= 0.6 is 0 Å². The molecule has 1 aromatic heterocycles. The van der Waals surface area contributed by atoms with Crippen LogP contribution in [0.25, 0.3) is 10.9 Å². The fourth-order valence-electron chi connectivity index (χ4n) is 3.74. The van der Waals surface area contributed by atoms with Gasteiger partial charge in [0.05, 0.1) is 12.8 Å². The number of hydrogen-bond donors (Lipinski definition) is 1. The number of para-hydroxylation sites is 1. The lowest BCUT2D eigenvalue weighted by atomic mass is 9.91. The molecule has 1 atom stereocenters. The third-order valence-corrected chi connectivity index (χ3v) is 5.18. The van der Waals surface area contributed by atoms with E-state index in [1.165, 1.54) is 19.2 Å². The molecule has 166 valence electrons. The molecule has 1 unspecified atom stereocenters. The van der Waals surface area contributed by atoms with Gasteiger partial charge in [-0.15, -0.1) is 13.2 Å². The quantitative estimate of drug-likeness (QED) is 0.596. The van der Waals surface area contributed by atoms with Gasteiger partial charge in [0.1, 0.15) is 22.6 Å². The van der Waals surface area contributed by atoms with Crippen molar-refractivity contribution >= 4 is 28.5 Å². The number of pyridine rings is 1. The molecule has 10 heteroatoms. The molecule has 0 radical (unpaired) electrons. The Morgan fingerprint density at radius 2 is 1.81 bits per heavy atom. The first kappa shape index (κ1) is 21.4. The van der Waals surface area contributed by atoms with Crippen LogP contribution in [0.2, 0.25) is 0 Å². The Hall–Kier alpha value is -3.82. The summed E-state index contributed by atoms with van der Waals surface area (Å²) in [5.41, 5.74) is 0.271. The molecule has 4 rings (SSSR count). The zero-order valence-electron chi connectivity index (χ0n) is 17.1. The third kappa shape index (κ3) is 3.91. The van der Waals surface area contributed by atoms with Gasteiger partial charge in [-0.3, -0.25) is 9.78 Å². The highest BCUT2D eigenvalue weighted by Crippen LogP contribution is 2.32. The summed E-state index contributed by atoms with van der Waals surface area (Å²) in [6, 6.07) is 11.0. The number of hydrogen-bond acceptors (Lipinski definition) is 5. The average molecular weight is 445 g/mol. The number of nitrogens with zero attached hydrogens (tertiary/aromatic N) is 2. The summed E-state index contributed by atoms with van der Waals surface area (Å²) in [6.07, 6.45) is -3.06. The van der Waals surface area contributed by atoms with E-state index in [1.54, 1.807) is 31.3 Å². The van der Waals surface area contributed by atoms with E-state index in [0.29, 0.717) is 11.3 Å². The van der Waals surface area contributed by atoms with Gasteiger partial charge >= 0.3 is 12.4 Å². The molecular formula is C22H18F3N3O4. The Labute approximate surface area is 180 Å². The Morgan fingerprint density at radius 3 is 2.47 bits per heavy atom. The standard InChI is InChI=1S/C22H18F3N3O4/c1-21(12-13-10-11-26-18-16(13)4-3-5-17(18)31-2)19(29)28(20(30)27-21)14-6-8-15(9-7-14)32-22(23,24)25/h3-11H,12H2,1-2H3,(H,27,30). The Kier molecular flexibility index (Phi) is 5.15. The first-order chi connectivity index (χ1) is 15.1. The Balaban J connectivity index is 1.62. The maximum absolute atomic E-state index is 13.2. The molecule has 1 saturated heterocycles. The molecule has 0 aliphatic carbocycles. The lowest BCUT2D eigenvalue weighted by molar-refractivity contribution is -0.274. The maximum atomic E-state index is 13.2. The van der Waals surface area contributed by atoms with Gasteiger partial charge in [0.25, 0.3) is 5.91 Å². The van der Waals surface area contributed by atoms with E-state index >= 15 is 0 Å². The second kappa shape index (κ2) is 7.70. The first-order valence-electron chi connectivity index (χ1n) is 9.54. The number of anilines is 1. The van der Waals surface area contributed by atoms with Gasteiger partial charge in [-0.05, 0) is 48.9 Å². The van der Waals surface area contributed by atoms with E-state index in [0.717, 1.165) is 28.0 Å². The number of carbonyl (C=O) groups excluding carboxylic acids is 2. The molecule has 1 aliphatic heterocycles. The normalized spacial score (nSPS) is 18.7. The first-order valence-corrected chi connectivity index (χ1v) is 9.54. The van der Waals surface area contributed by atoms with Crippen molar-refractivity contribution in [2.75, 3.05) is 12.0 Å². The van der Waals surface area contributed by atoms with Crippen LogP contribution in [0.1, 0.15) is 12.5 Å². The summed E-state index contributed by atoms with van der Waals surface area (Å²) in [5.74, 6) is -0.396. The minimum absolute atomic E-state index is 0.131. The molecule has 0 spiro atoms. The number of amides is 3. The van der Waals surface area contributed by atoms with Crippen molar-refractivity contribution in [1.82, 2.24) is 10.3 Å². The topological polar surface area (TPSA) is 80.8 Å². The number of methoxy groups -OCH3 is 1. The summed E-state index contributed by atoms with van der Waals surface area (Å²) >= 11 is 0. The summed E-state index contributed by atoms with van der Waals surface area (Å²) < 4.78 is 46.3. The van der Waals surface area contributed by atoms with Crippen LogP contribution in [0.4, 0.5) is 23.7 Å².